The summed E-state index contributed by atoms with van der Waals surface area (Å²) in [5, 5.41) is 26.5. The van der Waals surface area contributed by atoms with Crippen LogP contribution in [0.3, 0.4) is 0 Å². The fourth-order valence-corrected chi connectivity index (χ4v) is 13.7. The molecule has 3 saturated carbocycles. The molecule has 5 aliphatic rings. The SMILES string of the molecule is COc1ccc(CN(C)C2CCN(C3CC4(CCN(c5ccc(C(=O)NS(=O)(=O)c6ccc(NCC7CCC(C)(O)CC7)c([N+](=O)[O-])c6)c(Oc6cnc7[nH]ccc7c6)c5)CC4)C3)C(c3ccccc3C3CC3)C2)cc1. The smallest absolute Gasteiger partial charge is 0.293 e. The van der Waals surface area contributed by atoms with Crippen LogP contribution in [0.1, 0.15) is 123 Å². The Morgan fingerprint density at radius 2 is 1.66 bits per heavy atom. The quantitative estimate of drug-likeness (QED) is 0.0498. The van der Waals surface area contributed by atoms with E-state index in [1.165, 1.54) is 48.9 Å². The van der Waals surface area contributed by atoms with Gasteiger partial charge in [0, 0.05) is 80.3 Å². The minimum atomic E-state index is -4.59. The first-order valence-electron chi connectivity index (χ1n) is 27.1. The summed E-state index contributed by atoms with van der Waals surface area (Å²) in [6.07, 6.45) is 15.3. The Labute approximate surface area is 445 Å². The summed E-state index contributed by atoms with van der Waals surface area (Å²) in [6, 6.07) is 31.5. The van der Waals surface area contributed by atoms with Gasteiger partial charge in [-0.15, -0.1) is 0 Å². The van der Waals surface area contributed by atoms with Crippen LogP contribution in [0.4, 0.5) is 17.1 Å². The van der Waals surface area contributed by atoms with E-state index in [1.807, 2.05) is 19.1 Å². The first-order valence-corrected chi connectivity index (χ1v) is 28.6. The van der Waals surface area contributed by atoms with Crippen LogP contribution >= 0.6 is 0 Å². The monoisotopic (exact) mass is 1050 g/mol. The van der Waals surface area contributed by atoms with E-state index in [0.29, 0.717) is 54.8 Å². The number of fused-ring (bicyclic) bond motifs is 1. The third-order valence-corrected chi connectivity index (χ3v) is 18.8. The molecule has 17 heteroatoms. The second kappa shape index (κ2) is 21.1. The van der Waals surface area contributed by atoms with Crippen LogP contribution in [-0.4, -0.2) is 102 Å². The van der Waals surface area contributed by atoms with E-state index in [2.05, 4.69) is 90.3 Å². The van der Waals surface area contributed by atoms with Crippen LogP contribution in [0.15, 0.2) is 114 Å². The molecule has 400 valence electrons. The number of benzene rings is 4. The summed E-state index contributed by atoms with van der Waals surface area (Å²) in [5.41, 5.74) is 5.13. The van der Waals surface area contributed by atoms with Crippen molar-refractivity contribution in [3.63, 3.8) is 0 Å². The lowest BCUT2D eigenvalue weighted by molar-refractivity contribution is -0.384. The summed E-state index contributed by atoms with van der Waals surface area (Å²) in [7, 11) is -0.596. The van der Waals surface area contributed by atoms with Gasteiger partial charge in [-0.05, 0) is 173 Å². The molecule has 11 rings (SSSR count). The number of piperidine rings is 2. The lowest BCUT2D eigenvalue weighted by Gasteiger charge is -2.58. The Morgan fingerprint density at radius 3 is 2.38 bits per heavy atom. The Bertz CT molecular complexity index is 3190. The molecule has 2 aliphatic heterocycles. The van der Waals surface area contributed by atoms with Gasteiger partial charge in [-0.1, -0.05) is 36.4 Å². The Kier molecular flexibility index (Phi) is 14.3. The minimum Gasteiger partial charge on any atom is -0.497 e. The third-order valence-electron chi connectivity index (χ3n) is 17.5. The van der Waals surface area contributed by atoms with Crippen LogP contribution in [0.25, 0.3) is 11.0 Å². The largest absolute Gasteiger partial charge is 0.497 e. The van der Waals surface area contributed by atoms with Crippen LogP contribution in [-0.2, 0) is 16.6 Å². The summed E-state index contributed by atoms with van der Waals surface area (Å²) >= 11 is 0. The number of H-pyrrole nitrogens is 1. The lowest BCUT2D eigenvalue weighted by atomic mass is 9.59. The van der Waals surface area contributed by atoms with Gasteiger partial charge >= 0.3 is 0 Å². The molecule has 5 fully saturated rings. The van der Waals surface area contributed by atoms with E-state index in [1.54, 1.807) is 43.3 Å². The zero-order valence-electron chi connectivity index (χ0n) is 43.7. The number of carbonyl (C=O) groups is 1. The number of likely N-dealkylation sites (tertiary alicyclic amines) is 1. The molecule has 4 N–H and O–H groups in total. The maximum absolute atomic E-state index is 14.1. The molecule has 2 atom stereocenters. The number of nitrogens with one attached hydrogen (secondary N) is 3. The molecular weight excluding hydrogens is 981 g/mol. The highest BCUT2D eigenvalue weighted by Crippen LogP contribution is 2.55. The van der Waals surface area contributed by atoms with E-state index in [-0.39, 0.29) is 28.3 Å². The molecule has 16 nitrogen and oxygen atoms in total. The first-order chi connectivity index (χ1) is 36.6. The molecule has 1 spiro atoms. The number of amides is 1. The number of anilines is 2. The molecule has 0 bridgehead atoms. The van der Waals surface area contributed by atoms with Crippen LogP contribution < -0.4 is 24.4 Å². The van der Waals surface area contributed by atoms with Gasteiger partial charge in [-0.25, -0.2) is 18.1 Å². The van der Waals surface area contributed by atoms with Gasteiger partial charge in [0.1, 0.15) is 28.6 Å². The molecule has 4 aromatic carbocycles. The van der Waals surface area contributed by atoms with Gasteiger partial charge < -0.3 is 29.8 Å². The number of hydrogen-bond donors (Lipinski definition) is 4. The van der Waals surface area contributed by atoms with Gasteiger partial charge in [-0.3, -0.25) is 24.7 Å². The van der Waals surface area contributed by atoms with Gasteiger partial charge in [0.25, 0.3) is 21.6 Å². The average molecular weight is 1050 g/mol. The number of ether oxygens (including phenoxy) is 2. The summed E-state index contributed by atoms with van der Waals surface area (Å²) in [5.74, 6) is 1.32. The van der Waals surface area contributed by atoms with Crippen molar-refractivity contribution in [2.45, 2.75) is 125 Å². The number of hydrogen-bond acceptors (Lipinski definition) is 13. The minimum absolute atomic E-state index is 0.0236. The highest BCUT2D eigenvalue weighted by atomic mass is 32.2. The normalized spacial score (nSPS) is 23.1. The number of pyridine rings is 1. The molecule has 4 heterocycles. The van der Waals surface area contributed by atoms with Crippen LogP contribution in [0.2, 0.25) is 0 Å². The molecule has 76 heavy (non-hydrogen) atoms. The van der Waals surface area contributed by atoms with E-state index < -0.39 is 37.0 Å². The molecule has 6 aromatic rings. The molecule has 3 aliphatic carbocycles. The average Bonchev–Trinajstić information content (AvgIpc) is 4.18. The fraction of sp³-hybridized carbons (Fsp3) is 0.458. The first kappa shape index (κ1) is 51.6. The number of nitro benzene ring substituents is 1. The van der Waals surface area contributed by atoms with Crippen LogP contribution in [0, 0.1) is 21.4 Å². The molecule has 1 amide bonds. The number of aromatic nitrogens is 2. The summed E-state index contributed by atoms with van der Waals surface area (Å²) in [4.78, 5) is 40.6. The van der Waals surface area contributed by atoms with E-state index in [4.69, 9.17) is 9.47 Å². The molecular formula is C59H70N8O8S. The molecule has 2 unspecified atom stereocenters. The van der Waals surface area contributed by atoms with Crippen molar-refractivity contribution in [3.8, 4) is 17.2 Å². The van der Waals surface area contributed by atoms with E-state index >= 15 is 0 Å². The van der Waals surface area contributed by atoms with Crippen molar-refractivity contribution < 1.29 is 32.7 Å². The topological polar surface area (TPSA) is 195 Å². The predicted octanol–water partition coefficient (Wildman–Crippen LogP) is 10.7. The van der Waals surface area contributed by atoms with Crippen LogP contribution in [0.5, 0.6) is 17.2 Å². The number of rotatable bonds is 17. The second-order valence-electron chi connectivity index (χ2n) is 22.7. The number of nitrogens with zero attached hydrogens (tertiary/aromatic N) is 5. The third kappa shape index (κ3) is 11.2. The van der Waals surface area contributed by atoms with Gasteiger partial charge in [0.05, 0.1) is 34.3 Å². The maximum atomic E-state index is 14.1. The van der Waals surface area contributed by atoms with Crippen molar-refractivity contribution in [2.24, 2.45) is 11.3 Å². The maximum Gasteiger partial charge on any atom is 0.293 e. The van der Waals surface area contributed by atoms with E-state index in [0.717, 1.165) is 87.6 Å². The highest BCUT2D eigenvalue weighted by Gasteiger charge is 2.50. The molecule has 2 aromatic heterocycles. The second-order valence-corrected chi connectivity index (χ2v) is 24.4. The number of carbonyl (C=O) groups excluding carboxylic acids is 1. The Morgan fingerprint density at radius 1 is 0.908 bits per heavy atom. The zero-order chi connectivity index (χ0) is 52.8. The van der Waals surface area contributed by atoms with Gasteiger partial charge in [0.2, 0.25) is 0 Å². The Hall–Kier alpha value is -6.53. The summed E-state index contributed by atoms with van der Waals surface area (Å²) in [6.45, 7) is 5.86. The van der Waals surface area contributed by atoms with Gasteiger partial charge in [-0.2, -0.15) is 0 Å². The predicted molar refractivity (Wildman–Crippen MR) is 294 cm³/mol. The van der Waals surface area contributed by atoms with Crippen molar-refractivity contribution in [3.05, 3.63) is 142 Å². The number of aliphatic hydroxyl groups is 1. The summed E-state index contributed by atoms with van der Waals surface area (Å²) < 4.78 is 41.8. The van der Waals surface area contributed by atoms with Crippen molar-refractivity contribution in [2.75, 3.05) is 50.6 Å². The Balaban J connectivity index is 0.774. The number of aromatic amines is 1. The number of sulfonamides is 1. The van der Waals surface area contributed by atoms with Crippen molar-refractivity contribution in [1.29, 1.82) is 0 Å². The van der Waals surface area contributed by atoms with Crippen molar-refractivity contribution in [1.82, 2.24) is 24.5 Å². The van der Waals surface area contributed by atoms with Crippen molar-refractivity contribution >= 4 is 44.0 Å². The van der Waals surface area contributed by atoms with E-state index in [9.17, 15) is 28.4 Å². The number of nitro groups is 1. The number of methoxy groups -OCH3 is 1. The molecule has 2 saturated heterocycles. The fourth-order valence-electron chi connectivity index (χ4n) is 12.7. The standard InChI is InChI=1S/C59H70N8O8S/c1-58(69)22-18-39(19-23-58)36-61-52-17-15-48(33-54(52)67(70)71)76(72,73)63-57(68)51-16-12-44(32-55(51)75-47-30-42-20-26-60-56(42)62-37-47)65-28-24-59(25-29-65)34-45(35-59)66-27-21-43(64(2)38-40-8-13-46(74-3)14-9-40)31-53(66)50-7-5-4-6-49(50)41-10-11-41/h4-9,12-17,20,26,30,32-33,37,39,41,43,45,53,61,69H,10-11,18-19,21-25,27-29,31,34-36,38H2,1-3H3,(H,60,62)(H,63,68). The van der Waals surface area contributed by atoms with Gasteiger partial charge in [0.15, 0.2) is 0 Å². The zero-order valence-corrected chi connectivity index (χ0v) is 44.6. The molecule has 0 radical (unpaired) electrons. The highest BCUT2D eigenvalue weighted by molar-refractivity contribution is 7.90. The lowest BCUT2D eigenvalue weighted by Crippen LogP contribution is -2.58.